The average Bonchev–Trinajstić information content (AvgIpc) is 3.15. The van der Waals surface area contributed by atoms with Crippen molar-refractivity contribution in [3.8, 4) is 5.75 Å². The van der Waals surface area contributed by atoms with Crippen LogP contribution in [0, 0.1) is 5.92 Å². The molecule has 1 fully saturated rings. The van der Waals surface area contributed by atoms with Gasteiger partial charge in [0.05, 0.1) is 11.8 Å². The minimum absolute atomic E-state index is 0.0911. The lowest BCUT2D eigenvalue weighted by molar-refractivity contribution is 0.323. The van der Waals surface area contributed by atoms with Gasteiger partial charge in [0.25, 0.3) is 0 Å². The van der Waals surface area contributed by atoms with Crippen molar-refractivity contribution in [2.45, 2.75) is 18.8 Å². The molecule has 2 aliphatic rings. The number of nitrogens with one attached hydrogen (secondary N) is 1. The van der Waals surface area contributed by atoms with Crippen molar-refractivity contribution in [3.63, 3.8) is 0 Å². The van der Waals surface area contributed by atoms with E-state index in [4.69, 9.17) is 9.26 Å². The van der Waals surface area contributed by atoms with Gasteiger partial charge in [-0.3, -0.25) is 0 Å². The lowest BCUT2D eigenvalue weighted by atomic mass is 9.98. The largest absolute Gasteiger partial charge is 0.492 e. The number of nitrogens with zero attached hydrogens (tertiary/aromatic N) is 2. The van der Waals surface area contributed by atoms with E-state index in [0.717, 1.165) is 36.1 Å². The first-order valence-corrected chi connectivity index (χ1v) is 7.09. The molecular formula is C15H17N3O2. The van der Waals surface area contributed by atoms with E-state index in [0.29, 0.717) is 18.4 Å². The molecule has 0 bridgehead atoms. The quantitative estimate of drug-likeness (QED) is 0.904. The molecule has 1 aromatic carbocycles. The maximum absolute atomic E-state index is 5.69. The molecule has 3 heterocycles. The molecule has 0 spiro atoms. The number of para-hydroxylation sites is 1. The van der Waals surface area contributed by atoms with Gasteiger partial charge in [-0.1, -0.05) is 30.3 Å². The highest BCUT2D eigenvalue weighted by Crippen LogP contribution is 2.37. The maximum Gasteiger partial charge on any atom is 0.231 e. The van der Waals surface area contributed by atoms with Crippen LogP contribution in [0.25, 0.3) is 0 Å². The second kappa shape index (κ2) is 4.59. The Balaban J connectivity index is 1.63. The zero-order valence-corrected chi connectivity index (χ0v) is 11.4. The summed E-state index contributed by atoms with van der Waals surface area (Å²) in [6.45, 7) is 4.73. The highest BCUT2D eigenvalue weighted by molar-refractivity contribution is 5.42. The summed E-state index contributed by atoms with van der Waals surface area (Å²) in [6, 6.07) is 8.06. The van der Waals surface area contributed by atoms with Crippen LogP contribution < -0.4 is 10.1 Å². The van der Waals surface area contributed by atoms with Gasteiger partial charge >= 0.3 is 0 Å². The van der Waals surface area contributed by atoms with Crippen LogP contribution in [0.1, 0.15) is 36.0 Å². The maximum atomic E-state index is 5.69. The van der Waals surface area contributed by atoms with Crippen LogP contribution in [-0.2, 0) is 0 Å². The molecule has 20 heavy (non-hydrogen) atoms. The molecule has 3 unspecified atom stereocenters. The minimum atomic E-state index is 0.0911. The predicted molar refractivity (Wildman–Crippen MR) is 72.9 cm³/mol. The Hall–Kier alpha value is -1.88. The summed E-state index contributed by atoms with van der Waals surface area (Å²) >= 11 is 0. The van der Waals surface area contributed by atoms with Gasteiger partial charge in [0.15, 0.2) is 5.82 Å². The van der Waals surface area contributed by atoms with Gasteiger partial charge in [0, 0.05) is 12.1 Å². The monoisotopic (exact) mass is 271 g/mol. The second-order valence-electron chi connectivity index (χ2n) is 5.63. The molecule has 5 nitrogen and oxygen atoms in total. The first kappa shape index (κ1) is 11.9. The summed E-state index contributed by atoms with van der Waals surface area (Å²) in [5, 5.41) is 7.54. The second-order valence-corrected chi connectivity index (χ2v) is 5.63. The number of aromatic nitrogens is 2. The van der Waals surface area contributed by atoms with Crippen LogP contribution in [0.3, 0.4) is 0 Å². The van der Waals surface area contributed by atoms with Gasteiger partial charge < -0.3 is 14.6 Å². The van der Waals surface area contributed by atoms with E-state index in [1.165, 1.54) is 0 Å². The summed E-state index contributed by atoms with van der Waals surface area (Å²) in [4.78, 5) is 4.63. The molecule has 1 aromatic heterocycles. The summed E-state index contributed by atoms with van der Waals surface area (Å²) in [7, 11) is 0. The third-order valence-electron chi connectivity index (χ3n) is 4.30. The molecule has 0 amide bonds. The first-order chi connectivity index (χ1) is 9.83. The Bertz CT molecular complexity index is 625. The van der Waals surface area contributed by atoms with Crippen molar-refractivity contribution < 1.29 is 9.26 Å². The molecule has 0 radical (unpaired) electrons. The number of hydrogen-bond donors (Lipinski definition) is 1. The Labute approximate surface area is 117 Å². The van der Waals surface area contributed by atoms with E-state index in [1.54, 1.807) is 0 Å². The smallest absolute Gasteiger partial charge is 0.231 e. The molecule has 4 rings (SSSR count). The van der Waals surface area contributed by atoms with E-state index >= 15 is 0 Å². The van der Waals surface area contributed by atoms with Crippen LogP contribution in [0.5, 0.6) is 5.75 Å². The fourth-order valence-electron chi connectivity index (χ4n) is 3.06. The number of hydrogen-bond acceptors (Lipinski definition) is 5. The molecule has 0 aliphatic carbocycles. The van der Waals surface area contributed by atoms with Gasteiger partial charge in [-0.15, -0.1) is 0 Å². The van der Waals surface area contributed by atoms with Gasteiger partial charge in [-0.25, -0.2) is 0 Å². The van der Waals surface area contributed by atoms with Crippen molar-refractivity contribution in [1.82, 2.24) is 15.5 Å². The molecule has 1 N–H and O–H groups in total. The highest BCUT2D eigenvalue weighted by atomic mass is 16.5. The van der Waals surface area contributed by atoms with Crippen LogP contribution >= 0.6 is 0 Å². The SMILES string of the molecule is CC1CNCC1c1nc(C2COc3ccccc32)no1. The first-order valence-electron chi connectivity index (χ1n) is 7.09. The van der Waals surface area contributed by atoms with E-state index < -0.39 is 0 Å². The zero-order chi connectivity index (χ0) is 13.5. The Morgan fingerprint density at radius 2 is 2.15 bits per heavy atom. The predicted octanol–water partition coefficient (Wildman–Crippen LogP) is 1.92. The van der Waals surface area contributed by atoms with Crippen LogP contribution in [0.15, 0.2) is 28.8 Å². The van der Waals surface area contributed by atoms with Crippen molar-refractivity contribution >= 4 is 0 Å². The lowest BCUT2D eigenvalue weighted by Crippen LogP contribution is -2.09. The van der Waals surface area contributed by atoms with E-state index in [9.17, 15) is 0 Å². The van der Waals surface area contributed by atoms with E-state index in [-0.39, 0.29) is 5.92 Å². The number of ether oxygens (including phenoxy) is 1. The van der Waals surface area contributed by atoms with Gasteiger partial charge in [0.1, 0.15) is 12.4 Å². The van der Waals surface area contributed by atoms with Crippen LogP contribution in [0.2, 0.25) is 0 Å². The number of fused-ring (bicyclic) bond motifs is 1. The van der Waals surface area contributed by atoms with Gasteiger partial charge in [0.2, 0.25) is 5.89 Å². The van der Waals surface area contributed by atoms with Gasteiger partial charge in [-0.05, 0) is 18.5 Å². The minimum Gasteiger partial charge on any atom is -0.492 e. The molecule has 3 atom stereocenters. The fourth-order valence-corrected chi connectivity index (χ4v) is 3.06. The molecule has 2 aliphatic heterocycles. The number of benzene rings is 1. The van der Waals surface area contributed by atoms with Crippen molar-refractivity contribution in [2.24, 2.45) is 5.92 Å². The zero-order valence-electron chi connectivity index (χ0n) is 11.4. The molecule has 1 saturated heterocycles. The Morgan fingerprint density at radius 3 is 3.00 bits per heavy atom. The van der Waals surface area contributed by atoms with Crippen molar-refractivity contribution in [3.05, 3.63) is 41.5 Å². The third kappa shape index (κ3) is 1.81. The Kier molecular flexibility index (Phi) is 2.73. The molecule has 5 heteroatoms. The third-order valence-corrected chi connectivity index (χ3v) is 4.30. The normalized spacial score (nSPS) is 28.4. The summed E-state index contributed by atoms with van der Waals surface area (Å²) in [5.41, 5.74) is 1.15. The molecule has 0 saturated carbocycles. The molecular weight excluding hydrogens is 254 g/mol. The average molecular weight is 271 g/mol. The van der Waals surface area contributed by atoms with Crippen molar-refractivity contribution in [1.29, 1.82) is 0 Å². The van der Waals surface area contributed by atoms with Crippen LogP contribution in [0.4, 0.5) is 0 Å². The fraction of sp³-hybridized carbons (Fsp3) is 0.467. The standard InChI is InChI=1S/C15H17N3O2/c1-9-6-16-7-11(9)15-17-14(18-20-15)12-8-19-13-5-3-2-4-10(12)13/h2-5,9,11-12,16H,6-8H2,1H3. The Morgan fingerprint density at radius 1 is 1.25 bits per heavy atom. The summed E-state index contributed by atoms with van der Waals surface area (Å²) in [6.07, 6.45) is 0. The highest BCUT2D eigenvalue weighted by Gasteiger charge is 2.33. The molecule has 104 valence electrons. The van der Waals surface area contributed by atoms with Crippen molar-refractivity contribution in [2.75, 3.05) is 19.7 Å². The van der Waals surface area contributed by atoms with Crippen LogP contribution in [-0.4, -0.2) is 29.8 Å². The van der Waals surface area contributed by atoms with E-state index in [1.807, 2.05) is 18.2 Å². The molecule has 2 aromatic rings. The summed E-state index contributed by atoms with van der Waals surface area (Å²) in [5.74, 6) is 3.38. The summed E-state index contributed by atoms with van der Waals surface area (Å²) < 4.78 is 11.2. The van der Waals surface area contributed by atoms with E-state index in [2.05, 4.69) is 28.4 Å². The topological polar surface area (TPSA) is 60.2 Å². The number of rotatable bonds is 2. The lowest BCUT2D eigenvalue weighted by Gasteiger charge is -2.07. The van der Waals surface area contributed by atoms with Gasteiger partial charge in [-0.2, -0.15) is 4.98 Å².